The van der Waals surface area contributed by atoms with Gasteiger partial charge in [-0.3, -0.25) is 9.20 Å². The van der Waals surface area contributed by atoms with Crippen molar-refractivity contribution in [3.05, 3.63) is 58.9 Å². The van der Waals surface area contributed by atoms with Crippen molar-refractivity contribution in [1.82, 2.24) is 14.7 Å². The van der Waals surface area contributed by atoms with Crippen LogP contribution in [0.2, 0.25) is 0 Å². The Bertz CT molecular complexity index is 902. The number of fused-ring (bicyclic) bond motifs is 1. The lowest BCUT2D eigenvalue weighted by atomic mass is 9.92. The van der Waals surface area contributed by atoms with Crippen molar-refractivity contribution in [2.45, 2.75) is 51.4 Å². The van der Waals surface area contributed by atoms with Crippen LogP contribution < -0.4 is 5.32 Å². The van der Waals surface area contributed by atoms with E-state index in [-0.39, 0.29) is 24.2 Å². The van der Waals surface area contributed by atoms with Crippen molar-refractivity contribution >= 4 is 22.2 Å². The quantitative estimate of drug-likeness (QED) is 0.763. The van der Waals surface area contributed by atoms with E-state index in [9.17, 15) is 4.79 Å². The van der Waals surface area contributed by atoms with Crippen molar-refractivity contribution in [1.29, 1.82) is 0 Å². The van der Waals surface area contributed by atoms with Gasteiger partial charge in [0.05, 0.1) is 17.5 Å². The van der Waals surface area contributed by atoms with Gasteiger partial charge >= 0.3 is 0 Å². The molecule has 3 heterocycles. The second-order valence-corrected chi connectivity index (χ2v) is 7.82. The van der Waals surface area contributed by atoms with Gasteiger partial charge in [-0.15, -0.1) is 11.3 Å². The smallest absolute Gasteiger partial charge is 0.217 e. The van der Waals surface area contributed by atoms with Crippen LogP contribution in [0.5, 0.6) is 0 Å². The number of hydrogen-bond acceptors (Lipinski definition) is 4. The fourth-order valence-electron chi connectivity index (χ4n) is 3.90. The number of carbonyl (C=O) groups is 1. The Morgan fingerprint density at radius 3 is 2.92 bits per heavy atom. The first-order valence-electron chi connectivity index (χ1n) is 8.98. The molecule has 6 heteroatoms. The highest BCUT2D eigenvalue weighted by atomic mass is 32.1. The van der Waals surface area contributed by atoms with Crippen LogP contribution in [-0.2, 0) is 16.0 Å². The predicted molar refractivity (Wildman–Crippen MR) is 102 cm³/mol. The van der Waals surface area contributed by atoms with Gasteiger partial charge < -0.3 is 10.1 Å². The molecule has 0 bridgehead atoms. The van der Waals surface area contributed by atoms with E-state index in [4.69, 9.17) is 4.74 Å². The van der Waals surface area contributed by atoms with Crippen molar-refractivity contribution < 1.29 is 9.53 Å². The maximum atomic E-state index is 11.6. The maximum absolute atomic E-state index is 11.6. The first kappa shape index (κ1) is 17.2. The highest BCUT2D eigenvalue weighted by Gasteiger charge is 2.33. The minimum atomic E-state index is -0.0705. The topological polar surface area (TPSA) is 55.6 Å². The number of imidazole rings is 1. The van der Waals surface area contributed by atoms with Crippen molar-refractivity contribution in [3.63, 3.8) is 0 Å². The molecule has 1 aromatic carbocycles. The summed E-state index contributed by atoms with van der Waals surface area (Å²) in [5.74, 6) is 0.0137. The van der Waals surface area contributed by atoms with Crippen molar-refractivity contribution in [3.8, 4) is 0 Å². The zero-order chi connectivity index (χ0) is 18.1. The second-order valence-electron chi connectivity index (χ2n) is 6.94. The Labute approximate surface area is 157 Å². The molecule has 4 rings (SSSR count). The fraction of sp³-hybridized carbons (Fsp3) is 0.400. The molecule has 5 nitrogen and oxygen atoms in total. The summed E-state index contributed by atoms with van der Waals surface area (Å²) >= 11 is 1.63. The normalized spacial score (nSPS) is 23.2. The summed E-state index contributed by atoms with van der Waals surface area (Å²) in [5.41, 5.74) is 3.36. The standard InChI is InChI=1S/C20H23N3O2S/c1-13-19(23-8-9-26-20(23)21-13)18-12-16(22-14(2)24)11-17(25-18)10-15-6-4-3-5-7-15/h3-9,16-18H,10-12H2,1-2H3,(H,22,24)/t16-,17+,18+/m1/s1. The Morgan fingerprint density at radius 2 is 2.15 bits per heavy atom. The Balaban J connectivity index is 1.61. The van der Waals surface area contributed by atoms with E-state index < -0.39 is 0 Å². The minimum absolute atomic E-state index is 0.0137. The van der Waals surface area contributed by atoms with Crippen LogP contribution in [0.1, 0.15) is 42.8 Å². The minimum Gasteiger partial charge on any atom is -0.368 e. The number of aryl methyl sites for hydroxylation is 1. The summed E-state index contributed by atoms with van der Waals surface area (Å²) in [7, 11) is 0. The average Bonchev–Trinajstić information content (AvgIpc) is 3.14. The number of benzene rings is 1. The monoisotopic (exact) mass is 369 g/mol. The number of rotatable bonds is 4. The summed E-state index contributed by atoms with van der Waals surface area (Å²) in [6.07, 6.45) is 4.49. The number of aromatic nitrogens is 2. The molecule has 1 amide bonds. The molecule has 2 aromatic heterocycles. The highest BCUT2D eigenvalue weighted by molar-refractivity contribution is 7.15. The lowest BCUT2D eigenvalue weighted by Gasteiger charge is -2.36. The Hall–Kier alpha value is -2.18. The van der Waals surface area contributed by atoms with Gasteiger partial charge in [0, 0.05) is 24.5 Å². The van der Waals surface area contributed by atoms with E-state index in [0.29, 0.717) is 0 Å². The van der Waals surface area contributed by atoms with Crippen LogP contribution in [0.3, 0.4) is 0 Å². The van der Waals surface area contributed by atoms with Gasteiger partial charge in [0.1, 0.15) is 6.10 Å². The number of amides is 1. The van der Waals surface area contributed by atoms with E-state index in [1.807, 2.05) is 24.6 Å². The summed E-state index contributed by atoms with van der Waals surface area (Å²) in [5, 5.41) is 5.15. The number of hydrogen-bond donors (Lipinski definition) is 1. The fourth-order valence-corrected chi connectivity index (χ4v) is 4.67. The third kappa shape index (κ3) is 3.52. The third-order valence-corrected chi connectivity index (χ3v) is 5.66. The number of nitrogens with zero attached hydrogens (tertiary/aromatic N) is 2. The lowest BCUT2D eigenvalue weighted by Crippen LogP contribution is -2.43. The molecule has 0 unspecified atom stereocenters. The molecular formula is C20H23N3O2S. The molecule has 0 saturated carbocycles. The molecule has 1 N–H and O–H groups in total. The molecule has 1 aliphatic rings. The van der Waals surface area contributed by atoms with Crippen LogP contribution >= 0.6 is 11.3 Å². The molecule has 1 aliphatic heterocycles. The van der Waals surface area contributed by atoms with E-state index >= 15 is 0 Å². The molecule has 0 aliphatic carbocycles. The largest absolute Gasteiger partial charge is 0.368 e. The molecule has 3 aromatic rings. The molecular weight excluding hydrogens is 346 g/mol. The molecule has 1 saturated heterocycles. The maximum Gasteiger partial charge on any atom is 0.217 e. The van der Waals surface area contributed by atoms with Gasteiger partial charge in [0.2, 0.25) is 5.91 Å². The van der Waals surface area contributed by atoms with Crippen molar-refractivity contribution in [2.24, 2.45) is 0 Å². The van der Waals surface area contributed by atoms with Crippen LogP contribution in [-0.4, -0.2) is 27.4 Å². The summed E-state index contributed by atoms with van der Waals surface area (Å²) < 4.78 is 8.62. The number of ether oxygens (including phenoxy) is 1. The van der Waals surface area contributed by atoms with Crippen LogP contribution in [0.4, 0.5) is 0 Å². The van der Waals surface area contributed by atoms with E-state index in [2.05, 4.69) is 39.0 Å². The number of carbonyl (C=O) groups excluding carboxylic acids is 1. The van der Waals surface area contributed by atoms with Crippen molar-refractivity contribution in [2.75, 3.05) is 0 Å². The summed E-state index contributed by atoms with van der Waals surface area (Å²) in [6.45, 7) is 3.62. The van der Waals surface area contributed by atoms with E-state index in [1.165, 1.54) is 5.56 Å². The SMILES string of the molecule is CC(=O)N[C@@H]1C[C@H](Cc2ccccc2)O[C@H](c2c(C)nc3sccn23)C1. The van der Waals surface area contributed by atoms with E-state index in [1.54, 1.807) is 18.3 Å². The average molecular weight is 369 g/mol. The molecule has 0 radical (unpaired) electrons. The Morgan fingerprint density at radius 1 is 1.35 bits per heavy atom. The molecule has 26 heavy (non-hydrogen) atoms. The lowest BCUT2D eigenvalue weighted by molar-refractivity contribution is -0.122. The van der Waals surface area contributed by atoms with E-state index in [0.717, 1.165) is 35.6 Å². The second kappa shape index (κ2) is 7.21. The number of nitrogens with one attached hydrogen (secondary N) is 1. The highest BCUT2D eigenvalue weighted by Crippen LogP contribution is 2.35. The van der Waals surface area contributed by atoms with Gasteiger partial charge in [-0.1, -0.05) is 30.3 Å². The first-order chi connectivity index (χ1) is 12.6. The van der Waals surface area contributed by atoms with Gasteiger partial charge in [-0.2, -0.15) is 0 Å². The first-order valence-corrected chi connectivity index (χ1v) is 9.86. The zero-order valence-corrected chi connectivity index (χ0v) is 15.8. The van der Waals surface area contributed by atoms with Gasteiger partial charge in [-0.25, -0.2) is 4.98 Å². The number of thiazole rings is 1. The van der Waals surface area contributed by atoms with Crippen LogP contribution in [0.15, 0.2) is 41.9 Å². The molecule has 136 valence electrons. The van der Waals surface area contributed by atoms with Gasteiger partial charge in [0.15, 0.2) is 4.96 Å². The zero-order valence-electron chi connectivity index (χ0n) is 15.0. The van der Waals surface area contributed by atoms with Crippen LogP contribution in [0, 0.1) is 6.92 Å². The summed E-state index contributed by atoms with van der Waals surface area (Å²) in [4.78, 5) is 17.3. The van der Waals surface area contributed by atoms with Gasteiger partial charge in [0.25, 0.3) is 0 Å². The predicted octanol–water partition coefficient (Wildman–Crippen LogP) is 3.67. The summed E-state index contributed by atoms with van der Waals surface area (Å²) in [6, 6.07) is 10.5. The van der Waals surface area contributed by atoms with Crippen LogP contribution in [0.25, 0.3) is 4.96 Å². The molecule has 0 spiro atoms. The third-order valence-electron chi connectivity index (χ3n) is 4.90. The molecule has 3 atom stereocenters. The van der Waals surface area contributed by atoms with Gasteiger partial charge in [-0.05, 0) is 31.7 Å². The molecule has 1 fully saturated rings. The Kier molecular flexibility index (Phi) is 4.78.